The number of hydrogen-bond acceptors (Lipinski definition) is 4. The number of hydrogen-bond donors (Lipinski definition) is 2. The number of aryl methyl sites for hydroxylation is 1. The van der Waals surface area contributed by atoms with Gasteiger partial charge in [-0.25, -0.2) is 9.69 Å². The predicted molar refractivity (Wildman–Crippen MR) is 118 cm³/mol. The van der Waals surface area contributed by atoms with Gasteiger partial charge in [0.2, 0.25) is 5.91 Å². The third-order valence-corrected chi connectivity index (χ3v) is 6.01. The van der Waals surface area contributed by atoms with Gasteiger partial charge < -0.3 is 10.6 Å². The first kappa shape index (κ1) is 21.1. The van der Waals surface area contributed by atoms with Crippen LogP contribution in [0.15, 0.2) is 60.7 Å². The Morgan fingerprint density at radius 3 is 2.29 bits per heavy atom. The van der Waals surface area contributed by atoms with Gasteiger partial charge >= 0.3 is 6.03 Å². The molecular weight excluding hydrogens is 392 g/mol. The van der Waals surface area contributed by atoms with Crippen molar-refractivity contribution in [1.82, 2.24) is 15.1 Å². The summed E-state index contributed by atoms with van der Waals surface area (Å²) in [5.41, 5.74) is 1.95. The van der Waals surface area contributed by atoms with Gasteiger partial charge in [0.25, 0.3) is 5.91 Å². The van der Waals surface area contributed by atoms with E-state index in [0.717, 1.165) is 17.7 Å². The van der Waals surface area contributed by atoms with Gasteiger partial charge in [-0.05, 0) is 43.4 Å². The first-order valence-corrected chi connectivity index (χ1v) is 10.8. The molecular formula is C24H28N4O3. The zero-order valence-electron chi connectivity index (χ0n) is 17.5. The van der Waals surface area contributed by atoms with Crippen molar-refractivity contribution in [2.24, 2.45) is 5.92 Å². The average Bonchev–Trinajstić information content (AvgIpc) is 3.07. The Labute approximate surface area is 182 Å². The summed E-state index contributed by atoms with van der Waals surface area (Å²) in [6.45, 7) is 1.64. The fraction of sp³-hybridized carbons (Fsp3) is 0.375. The van der Waals surface area contributed by atoms with Crippen LogP contribution in [0.3, 0.4) is 0 Å². The maximum atomic E-state index is 12.7. The molecule has 0 spiro atoms. The first-order valence-electron chi connectivity index (χ1n) is 10.8. The van der Waals surface area contributed by atoms with E-state index in [9.17, 15) is 14.4 Å². The van der Waals surface area contributed by atoms with Gasteiger partial charge in [-0.15, -0.1) is 0 Å². The summed E-state index contributed by atoms with van der Waals surface area (Å²) in [4.78, 5) is 41.0. The minimum atomic E-state index is -0.470. The molecule has 0 saturated carbocycles. The second kappa shape index (κ2) is 9.75. The summed E-state index contributed by atoms with van der Waals surface area (Å²) < 4.78 is 0. The summed E-state index contributed by atoms with van der Waals surface area (Å²) in [6.07, 6.45) is 2.75. The molecule has 7 heteroatoms. The lowest BCUT2D eigenvalue weighted by Crippen LogP contribution is -2.46. The summed E-state index contributed by atoms with van der Waals surface area (Å²) in [5, 5.41) is 5.78. The predicted octanol–water partition coefficient (Wildman–Crippen LogP) is 2.85. The van der Waals surface area contributed by atoms with Crippen molar-refractivity contribution in [2.75, 3.05) is 25.1 Å². The number of benzene rings is 2. The molecule has 0 unspecified atom stereocenters. The van der Waals surface area contributed by atoms with E-state index in [2.05, 4.69) is 15.5 Å². The molecule has 2 saturated heterocycles. The maximum Gasteiger partial charge on any atom is 0.325 e. The number of urea groups is 1. The van der Waals surface area contributed by atoms with Crippen molar-refractivity contribution in [2.45, 2.75) is 31.7 Å². The van der Waals surface area contributed by atoms with Crippen molar-refractivity contribution >= 4 is 23.5 Å². The number of anilines is 1. The summed E-state index contributed by atoms with van der Waals surface area (Å²) in [5.74, 6) is -0.190. The van der Waals surface area contributed by atoms with Gasteiger partial charge in [-0.2, -0.15) is 0 Å². The number of imide groups is 1. The third kappa shape index (κ3) is 5.30. The fourth-order valence-corrected chi connectivity index (χ4v) is 4.16. The Bertz CT molecular complexity index is 911. The van der Waals surface area contributed by atoms with Crippen LogP contribution in [0.1, 0.15) is 24.8 Å². The lowest BCUT2D eigenvalue weighted by atomic mass is 9.96. The molecule has 2 aromatic carbocycles. The van der Waals surface area contributed by atoms with Crippen LogP contribution in [-0.4, -0.2) is 53.4 Å². The number of nitrogens with zero attached hydrogens (tertiary/aromatic N) is 2. The van der Waals surface area contributed by atoms with Crippen LogP contribution in [0.4, 0.5) is 10.5 Å². The second-order valence-corrected chi connectivity index (χ2v) is 8.18. The zero-order valence-corrected chi connectivity index (χ0v) is 17.5. The van der Waals surface area contributed by atoms with Crippen LogP contribution in [0.5, 0.6) is 0 Å². The van der Waals surface area contributed by atoms with Crippen molar-refractivity contribution in [3.05, 3.63) is 66.2 Å². The summed E-state index contributed by atoms with van der Waals surface area (Å²) in [7, 11) is 0. The maximum absolute atomic E-state index is 12.7. The highest BCUT2D eigenvalue weighted by Crippen LogP contribution is 2.21. The first-order chi connectivity index (χ1) is 15.1. The van der Waals surface area contributed by atoms with E-state index in [0.29, 0.717) is 32.4 Å². The van der Waals surface area contributed by atoms with Crippen molar-refractivity contribution in [3.8, 4) is 0 Å². The van der Waals surface area contributed by atoms with Crippen LogP contribution in [-0.2, 0) is 16.0 Å². The number of piperidine rings is 1. The molecule has 0 radical (unpaired) electrons. The zero-order chi connectivity index (χ0) is 21.6. The highest BCUT2D eigenvalue weighted by molar-refractivity contribution is 6.04. The topological polar surface area (TPSA) is 81.8 Å². The summed E-state index contributed by atoms with van der Waals surface area (Å²) >= 11 is 0. The lowest BCUT2D eigenvalue weighted by molar-refractivity contribution is -0.130. The molecule has 2 aliphatic rings. The minimum Gasteiger partial charge on any atom is -0.326 e. The number of para-hydroxylation sites is 1. The average molecular weight is 421 g/mol. The number of carbonyl (C=O) groups is 3. The second-order valence-electron chi connectivity index (χ2n) is 8.18. The Morgan fingerprint density at radius 2 is 1.61 bits per heavy atom. The third-order valence-electron chi connectivity index (χ3n) is 6.01. The van der Waals surface area contributed by atoms with E-state index < -0.39 is 6.04 Å². The van der Waals surface area contributed by atoms with Crippen LogP contribution >= 0.6 is 0 Å². The monoisotopic (exact) mass is 420 g/mol. The van der Waals surface area contributed by atoms with Crippen LogP contribution in [0.2, 0.25) is 0 Å². The van der Waals surface area contributed by atoms with Gasteiger partial charge in [0.05, 0.1) is 6.67 Å². The highest BCUT2D eigenvalue weighted by Gasteiger charge is 2.39. The van der Waals surface area contributed by atoms with Crippen LogP contribution in [0.25, 0.3) is 0 Å². The van der Waals surface area contributed by atoms with Crippen molar-refractivity contribution < 1.29 is 14.4 Å². The molecule has 0 aliphatic carbocycles. The van der Waals surface area contributed by atoms with Crippen LogP contribution < -0.4 is 10.6 Å². The normalized spacial score (nSPS) is 20.0. The molecule has 31 heavy (non-hydrogen) atoms. The molecule has 1 atom stereocenters. The molecule has 0 bridgehead atoms. The highest BCUT2D eigenvalue weighted by atomic mass is 16.2. The fourth-order valence-electron chi connectivity index (χ4n) is 4.16. The smallest absolute Gasteiger partial charge is 0.325 e. The van der Waals surface area contributed by atoms with E-state index in [4.69, 9.17) is 0 Å². The van der Waals surface area contributed by atoms with E-state index in [1.807, 2.05) is 60.7 Å². The van der Waals surface area contributed by atoms with Gasteiger partial charge in [-0.3, -0.25) is 14.5 Å². The molecule has 4 amide bonds. The van der Waals surface area contributed by atoms with Crippen LogP contribution in [0, 0.1) is 5.92 Å². The quantitative estimate of drug-likeness (QED) is 0.675. The van der Waals surface area contributed by atoms with E-state index >= 15 is 0 Å². The van der Waals surface area contributed by atoms with E-state index in [-0.39, 0.29) is 30.4 Å². The summed E-state index contributed by atoms with van der Waals surface area (Å²) in [6, 6.07) is 18.6. The lowest BCUT2D eigenvalue weighted by Gasteiger charge is -2.33. The Morgan fingerprint density at radius 1 is 0.968 bits per heavy atom. The molecule has 2 fully saturated rings. The molecule has 2 heterocycles. The molecule has 2 N–H and O–H groups in total. The molecule has 4 rings (SSSR count). The van der Waals surface area contributed by atoms with Gasteiger partial charge in [0.15, 0.2) is 0 Å². The molecule has 162 valence electrons. The minimum absolute atomic E-state index is 0.0295. The van der Waals surface area contributed by atoms with Crippen molar-refractivity contribution in [1.29, 1.82) is 0 Å². The van der Waals surface area contributed by atoms with E-state index in [1.54, 1.807) is 0 Å². The van der Waals surface area contributed by atoms with Gasteiger partial charge in [-0.1, -0.05) is 48.5 Å². The number of nitrogens with one attached hydrogen (secondary N) is 2. The number of rotatable bonds is 7. The molecule has 0 aromatic heterocycles. The Kier molecular flexibility index (Phi) is 6.62. The Balaban J connectivity index is 1.24. The largest absolute Gasteiger partial charge is 0.326 e. The van der Waals surface area contributed by atoms with Crippen molar-refractivity contribution in [3.63, 3.8) is 0 Å². The molecule has 7 nitrogen and oxygen atoms in total. The molecule has 2 aliphatic heterocycles. The molecule has 2 aromatic rings. The standard InChI is InChI=1S/C24H28N4O3/c29-22(25-20-9-5-2-6-10-20)19-13-15-27(16-14-19)17-28-23(30)21(26-24(28)31)12-11-18-7-3-1-4-8-18/h1-10,19,21H,11-17H2,(H,25,29)(H,26,31)/t21-/m1/s1. The number of carbonyl (C=O) groups excluding carboxylic acids is 3. The SMILES string of the molecule is O=C(Nc1ccccc1)C1CCN(CN2C(=O)N[C@H](CCc3ccccc3)C2=O)CC1. The van der Waals surface area contributed by atoms with Gasteiger partial charge in [0, 0.05) is 24.7 Å². The number of amides is 4. The van der Waals surface area contributed by atoms with E-state index in [1.165, 1.54) is 4.90 Å². The van der Waals surface area contributed by atoms with Gasteiger partial charge in [0.1, 0.15) is 6.04 Å². The Hall–Kier alpha value is -3.19. The number of likely N-dealkylation sites (tertiary alicyclic amines) is 1.